The number of aliphatic imine (C=N–C) groups is 1. The Labute approximate surface area is 192 Å². The number of carbonyl (C=O) groups excluding carboxylic acids is 2. The standard InChI is InChI=1S/C21H18F5N2O3PS/c1-27-20(28-12-30)19(33-2)8-13-3-6-17(15(7-13)10-29)31-11-14-4-5-16(21(22,23)24)9-18(14)32(25)26/h3-10,12H,11H2,1-2H3,(H,27,28,30)/b19-8-. The van der Waals surface area contributed by atoms with Gasteiger partial charge >= 0.3 is 6.18 Å². The summed E-state index contributed by atoms with van der Waals surface area (Å²) in [6.07, 6.45) is -0.306. The Morgan fingerprint density at radius 3 is 2.45 bits per heavy atom. The normalized spacial score (nSPS) is 12.6. The van der Waals surface area contributed by atoms with Crippen LogP contribution in [0.2, 0.25) is 0 Å². The number of amidine groups is 1. The molecule has 12 heteroatoms. The van der Waals surface area contributed by atoms with Crippen molar-refractivity contribution in [3.63, 3.8) is 0 Å². The number of thioether (sulfide) groups is 1. The van der Waals surface area contributed by atoms with Gasteiger partial charge in [0, 0.05) is 17.9 Å². The van der Waals surface area contributed by atoms with E-state index in [2.05, 4.69) is 10.3 Å². The summed E-state index contributed by atoms with van der Waals surface area (Å²) in [5, 5.41) is 1.73. The highest BCUT2D eigenvalue weighted by Gasteiger charge is 2.32. The van der Waals surface area contributed by atoms with Crippen LogP contribution in [0.3, 0.4) is 0 Å². The fourth-order valence-corrected chi connectivity index (χ4v) is 3.92. The lowest BCUT2D eigenvalue weighted by Gasteiger charge is -2.14. The van der Waals surface area contributed by atoms with Crippen molar-refractivity contribution < 1.29 is 35.9 Å². The van der Waals surface area contributed by atoms with Crippen LogP contribution >= 0.6 is 20.3 Å². The van der Waals surface area contributed by atoms with Gasteiger partial charge in [0.1, 0.15) is 18.2 Å². The number of rotatable bonds is 9. The van der Waals surface area contributed by atoms with Gasteiger partial charge in [0.2, 0.25) is 6.41 Å². The first-order valence-corrected chi connectivity index (χ1v) is 11.5. The summed E-state index contributed by atoms with van der Waals surface area (Å²) in [6.45, 7) is -0.442. The Morgan fingerprint density at radius 1 is 1.18 bits per heavy atom. The van der Waals surface area contributed by atoms with Gasteiger partial charge in [-0.1, -0.05) is 12.1 Å². The van der Waals surface area contributed by atoms with E-state index in [-0.39, 0.29) is 16.9 Å². The molecular formula is C21H18F5N2O3PS. The summed E-state index contributed by atoms with van der Waals surface area (Å²) in [5.74, 6) is 0.408. The minimum absolute atomic E-state index is 0.0798. The van der Waals surface area contributed by atoms with Gasteiger partial charge in [0.25, 0.3) is 8.54 Å². The molecule has 1 amide bonds. The van der Waals surface area contributed by atoms with Crippen molar-refractivity contribution >= 4 is 50.2 Å². The Bertz CT molecular complexity index is 1070. The molecule has 0 saturated carbocycles. The number of hydrogen-bond donors (Lipinski definition) is 1. The molecule has 2 aromatic rings. The van der Waals surface area contributed by atoms with E-state index in [0.717, 1.165) is 6.07 Å². The van der Waals surface area contributed by atoms with Crippen LogP contribution in [0.25, 0.3) is 6.08 Å². The fraction of sp³-hybridized carbons (Fsp3) is 0.190. The number of benzene rings is 2. The van der Waals surface area contributed by atoms with Gasteiger partial charge in [-0.3, -0.25) is 14.6 Å². The Balaban J connectivity index is 2.31. The van der Waals surface area contributed by atoms with Crippen LogP contribution in [0.5, 0.6) is 5.75 Å². The average molecular weight is 504 g/mol. The van der Waals surface area contributed by atoms with Crippen molar-refractivity contribution in [2.75, 3.05) is 13.3 Å². The van der Waals surface area contributed by atoms with Gasteiger partial charge in [-0.2, -0.15) is 21.6 Å². The third-order valence-corrected chi connectivity index (χ3v) is 5.84. The van der Waals surface area contributed by atoms with E-state index >= 15 is 0 Å². The maximum Gasteiger partial charge on any atom is 0.416 e. The van der Waals surface area contributed by atoms with Crippen LogP contribution < -0.4 is 15.4 Å². The lowest BCUT2D eigenvalue weighted by atomic mass is 10.1. The largest absolute Gasteiger partial charge is 0.488 e. The Morgan fingerprint density at radius 2 is 1.91 bits per heavy atom. The molecule has 0 heterocycles. The van der Waals surface area contributed by atoms with E-state index in [0.29, 0.717) is 41.1 Å². The van der Waals surface area contributed by atoms with E-state index in [9.17, 15) is 31.2 Å². The molecule has 0 aromatic heterocycles. The zero-order valence-electron chi connectivity index (χ0n) is 17.3. The topological polar surface area (TPSA) is 67.8 Å². The van der Waals surface area contributed by atoms with Gasteiger partial charge < -0.3 is 10.1 Å². The molecule has 2 aromatic carbocycles. The molecule has 0 aliphatic rings. The lowest BCUT2D eigenvalue weighted by Crippen LogP contribution is -2.22. The first-order chi connectivity index (χ1) is 15.6. The first-order valence-electron chi connectivity index (χ1n) is 9.11. The Hall–Kier alpha value is -2.78. The Kier molecular flexibility index (Phi) is 9.55. The number of halogens is 5. The maximum atomic E-state index is 13.4. The number of nitrogens with zero attached hydrogens (tertiary/aromatic N) is 1. The second-order valence-corrected chi connectivity index (χ2v) is 8.12. The molecule has 5 nitrogen and oxygen atoms in total. The zero-order valence-corrected chi connectivity index (χ0v) is 19.0. The maximum absolute atomic E-state index is 13.4. The number of amides is 1. The van der Waals surface area contributed by atoms with Gasteiger partial charge in [0.15, 0.2) is 6.29 Å². The molecule has 2 rings (SSSR count). The van der Waals surface area contributed by atoms with Crippen LogP contribution in [-0.4, -0.2) is 31.8 Å². The summed E-state index contributed by atoms with van der Waals surface area (Å²) < 4.78 is 70.7. The number of alkyl halides is 3. The number of aldehydes is 1. The molecule has 0 aliphatic carbocycles. The number of hydrogen-bond acceptors (Lipinski definition) is 5. The predicted octanol–water partition coefficient (Wildman–Crippen LogP) is 5.45. The van der Waals surface area contributed by atoms with Crippen molar-refractivity contribution in [3.8, 4) is 5.75 Å². The minimum Gasteiger partial charge on any atom is -0.488 e. The number of ether oxygens (including phenoxy) is 1. The smallest absolute Gasteiger partial charge is 0.416 e. The zero-order chi connectivity index (χ0) is 24.6. The van der Waals surface area contributed by atoms with Gasteiger partial charge in [-0.05, 0) is 42.2 Å². The minimum atomic E-state index is -4.74. The van der Waals surface area contributed by atoms with Crippen molar-refractivity contribution in [1.82, 2.24) is 5.32 Å². The average Bonchev–Trinajstić information content (AvgIpc) is 2.79. The molecule has 0 saturated heterocycles. The van der Waals surface area contributed by atoms with Crippen molar-refractivity contribution in [1.29, 1.82) is 0 Å². The monoisotopic (exact) mass is 504 g/mol. The van der Waals surface area contributed by atoms with Crippen molar-refractivity contribution in [3.05, 3.63) is 63.6 Å². The first kappa shape index (κ1) is 26.5. The van der Waals surface area contributed by atoms with Crippen LogP contribution in [0.1, 0.15) is 27.0 Å². The molecule has 33 heavy (non-hydrogen) atoms. The lowest BCUT2D eigenvalue weighted by molar-refractivity contribution is -0.137. The number of carbonyl (C=O) groups is 2. The molecule has 0 aliphatic heterocycles. The summed E-state index contributed by atoms with van der Waals surface area (Å²) in [6, 6.07) is 6.60. The highest BCUT2D eigenvalue weighted by atomic mass is 32.2. The van der Waals surface area contributed by atoms with E-state index in [1.807, 2.05) is 0 Å². The van der Waals surface area contributed by atoms with Crippen LogP contribution in [-0.2, 0) is 17.6 Å². The molecule has 0 spiro atoms. The highest BCUT2D eigenvalue weighted by Crippen LogP contribution is 2.40. The molecule has 1 N–H and O–H groups in total. The molecular weight excluding hydrogens is 486 g/mol. The van der Waals surface area contributed by atoms with Gasteiger partial charge in [-0.15, -0.1) is 11.8 Å². The summed E-state index contributed by atoms with van der Waals surface area (Å²) >= 11 is 1.31. The molecule has 0 radical (unpaired) electrons. The van der Waals surface area contributed by atoms with E-state index in [4.69, 9.17) is 4.74 Å². The second kappa shape index (κ2) is 11.9. The van der Waals surface area contributed by atoms with Crippen molar-refractivity contribution in [2.24, 2.45) is 4.99 Å². The summed E-state index contributed by atoms with van der Waals surface area (Å²) in [4.78, 5) is 26.8. The van der Waals surface area contributed by atoms with Gasteiger partial charge in [-0.25, -0.2) is 0 Å². The summed E-state index contributed by atoms with van der Waals surface area (Å²) in [7, 11) is -2.30. The highest BCUT2D eigenvalue weighted by molar-refractivity contribution is 8.03. The molecule has 0 unspecified atom stereocenters. The quantitative estimate of drug-likeness (QED) is 0.162. The SMILES string of the molecule is CN=C(NC=O)/C(=C/c1ccc(OCc2ccc(C(F)(F)F)cc2P(F)F)c(C=O)c1)SC. The molecule has 0 bridgehead atoms. The third kappa shape index (κ3) is 7.10. The van der Waals surface area contributed by atoms with Crippen LogP contribution in [0.4, 0.5) is 21.6 Å². The van der Waals surface area contributed by atoms with E-state index in [1.54, 1.807) is 18.4 Å². The predicted molar refractivity (Wildman–Crippen MR) is 120 cm³/mol. The molecule has 176 valence electrons. The van der Waals surface area contributed by atoms with Crippen molar-refractivity contribution in [2.45, 2.75) is 12.8 Å². The van der Waals surface area contributed by atoms with Gasteiger partial charge in [0.05, 0.1) is 16.0 Å². The van der Waals surface area contributed by atoms with Crippen LogP contribution in [0.15, 0.2) is 46.3 Å². The van der Waals surface area contributed by atoms with Crippen LogP contribution in [0, 0.1) is 0 Å². The van der Waals surface area contributed by atoms with E-state index < -0.39 is 32.2 Å². The second-order valence-electron chi connectivity index (χ2n) is 6.33. The fourth-order valence-electron chi connectivity index (χ4n) is 2.73. The third-order valence-electron chi connectivity index (χ3n) is 4.31. The van der Waals surface area contributed by atoms with E-state index in [1.165, 1.54) is 30.9 Å². The molecule has 0 atom stereocenters. The summed E-state index contributed by atoms with van der Waals surface area (Å²) in [5.41, 5.74) is -0.585. The molecule has 0 fully saturated rings. The number of nitrogens with one attached hydrogen (secondary N) is 1.